The predicted octanol–water partition coefficient (Wildman–Crippen LogP) is 1.22. The summed E-state index contributed by atoms with van der Waals surface area (Å²) in [5.74, 6) is 0.00298. The molecule has 7 nitrogen and oxygen atoms in total. The van der Waals surface area contributed by atoms with E-state index in [9.17, 15) is 21.6 Å². The quantitative estimate of drug-likeness (QED) is 0.713. The molecule has 26 heavy (non-hydrogen) atoms. The molecule has 1 atom stereocenters. The van der Waals surface area contributed by atoms with E-state index in [-0.39, 0.29) is 34.3 Å². The van der Waals surface area contributed by atoms with Crippen molar-refractivity contribution in [1.29, 1.82) is 0 Å². The van der Waals surface area contributed by atoms with Crippen molar-refractivity contribution in [3.63, 3.8) is 0 Å². The van der Waals surface area contributed by atoms with E-state index in [1.807, 2.05) is 13.8 Å². The smallest absolute Gasteiger partial charge is 0.254 e. The average Bonchev–Trinajstić information content (AvgIpc) is 2.91. The molecular weight excluding hydrogens is 376 g/mol. The van der Waals surface area contributed by atoms with Gasteiger partial charge >= 0.3 is 0 Å². The standard InChI is InChI=1S/C17H26N2O5S2/c1-13(2)11-19(15-9-10-25(21,22)12-15)17(20)14-5-7-16(8-6-14)26(23,24)18(3)4/h5-8,13,15H,9-12H2,1-4H3/t15-/m0/s1. The molecule has 1 amide bonds. The SMILES string of the molecule is CC(C)CN(C(=O)c1ccc(S(=O)(=O)N(C)C)cc1)[C@H]1CCS(=O)(=O)C1. The van der Waals surface area contributed by atoms with Crippen molar-refractivity contribution in [3.8, 4) is 0 Å². The molecule has 0 bridgehead atoms. The van der Waals surface area contributed by atoms with Crippen molar-refractivity contribution in [3.05, 3.63) is 29.8 Å². The summed E-state index contributed by atoms with van der Waals surface area (Å²) >= 11 is 0. The third-order valence-electron chi connectivity index (χ3n) is 4.35. The highest BCUT2D eigenvalue weighted by molar-refractivity contribution is 7.91. The van der Waals surface area contributed by atoms with Crippen molar-refractivity contribution in [1.82, 2.24) is 9.21 Å². The number of benzene rings is 1. The second-order valence-corrected chi connectivity index (χ2v) is 11.6. The van der Waals surface area contributed by atoms with Gasteiger partial charge in [0.15, 0.2) is 9.84 Å². The normalized spacial score (nSPS) is 19.8. The number of rotatable bonds is 6. The third-order valence-corrected chi connectivity index (χ3v) is 7.93. The van der Waals surface area contributed by atoms with Gasteiger partial charge in [-0.3, -0.25) is 4.79 Å². The van der Waals surface area contributed by atoms with Crippen LogP contribution >= 0.6 is 0 Å². The first-order valence-corrected chi connectivity index (χ1v) is 11.7. The topological polar surface area (TPSA) is 91.8 Å². The highest BCUT2D eigenvalue weighted by Crippen LogP contribution is 2.22. The summed E-state index contributed by atoms with van der Waals surface area (Å²) in [7, 11) is -3.78. The van der Waals surface area contributed by atoms with Crippen LogP contribution in [0, 0.1) is 5.92 Å². The largest absolute Gasteiger partial charge is 0.334 e. The molecule has 1 fully saturated rings. The van der Waals surface area contributed by atoms with E-state index in [1.54, 1.807) is 4.90 Å². The molecule has 2 rings (SSSR count). The van der Waals surface area contributed by atoms with Crippen molar-refractivity contribution < 1.29 is 21.6 Å². The summed E-state index contributed by atoms with van der Waals surface area (Å²) in [4.78, 5) is 14.7. The Hall–Kier alpha value is -1.45. The second kappa shape index (κ2) is 7.66. The summed E-state index contributed by atoms with van der Waals surface area (Å²) in [5.41, 5.74) is 0.354. The molecule has 1 saturated heterocycles. The molecule has 0 aromatic heterocycles. The molecular formula is C17H26N2O5S2. The lowest BCUT2D eigenvalue weighted by molar-refractivity contribution is 0.0672. The lowest BCUT2D eigenvalue weighted by Gasteiger charge is -2.30. The third kappa shape index (κ3) is 4.63. The van der Waals surface area contributed by atoms with E-state index in [4.69, 9.17) is 0 Å². The summed E-state index contributed by atoms with van der Waals surface area (Å²) in [6.45, 7) is 4.39. The van der Waals surface area contributed by atoms with Gasteiger partial charge in [0.1, 0.15) is 0 Å². The van der Waals surface area contributed by atoms with E-state index in [0.717, 1.165) is 4.31 Å². The first kappa shape index (κ1) is 20.9. The van der Waals surface area contributed by atoms with Gasteiger partial charge in [-0.15, -0.1) is 0 Å². The van der Waals surface area contributed by atoms with Crippen LogP contribution in [-0.2, 0) is 19.9 Å². The van der Waals surface area contributed by atoms with Crippen LogP contribution in [0.15, 0.2) is 29.2 Å². The fourth-order valence-corrected chi connectivity index (χ4v) is 5.59. The average molecular weight is 403 g/mol. The van der Waals surface area contributed by atoms with E-state index >= 15 is 0 Å². The van der Waals surface area contributed by atoms with Crippen LogP contribution in [0.25, 0.3) is 0 Å². The number of nitrogens with zero attached hydrogens (tertiary/aromatic N) is 2. The number of carbonyl (C=O) groups excluding carboxylic acids is 1. The van der Waals surface area contributed by atoms with E-state index in [2.05, 4.69) is 0 Å². The number of hydrogen-bond donors (Lipinski definition) is 0. The Labute approximate surface area is 156 Å². The van der Waals surface area contributed by atoms with Gasteiger partial charge in [-0.1, -0.05) is 13.8 Å². The Morgan fingerprint density at radius 1 is 1.19 bits per heavy atom. The maximum absolute atomic E-state index is 12.9. The van der Waals surface area contributed by atoms with Gasteiger partial charge in [-0.05, 0) is 36.6 Å². The van der Waals surface area contributed by atoms with Crippen LogP contribution in [0.3, 0.4) is 0 Å². The zero-order chi connectivity index (χ0) is 19.7. The van der Waals surface area contributed by atoms with Crippen LogP contribution in [0.5, 0.6) is 0 Å². The zero-order valence-electron chi connectivity index (χ0n) is 15.5. The number of sulfone groups is 1. The molecule has 0 radical (unpaired) electrons. The minimum absolute atomic E-state index is 0.0153. The maximum Gasteiger partial charge on any atom is 0.254 e. The molecule has 1 aromatic rings. The number of carbonyl (C=O) groups is 1. The van der Waals surface area contributed by atoms with Gasteiger partial charge in [0.05, 0.1) is 16.4 Å². The summed E-state index contributed by atoms with van der Waals surface area (Å²) in [6, 6.07) is 5.44. The summed E-state index contributed by atoms with van der Waals surface area (Å²) < 4.78 is 49.0. The number of amides is 1. The first-order valence-electron chi connectivity index (χ1n) is 8.48. The van der Waals surface area contributed by atoms with Gasteiger partial charge in [0.2, 0.25) is 10.0 Å². The zero-order valence-corrected chi connectivity index (χ0v) is 17.2. The minimum atomic E-state index is -3.56. The first-order chi connectivity index (χ1) is 11.9. The van der Waals surface area contributed by atoms with Gasteiger partial charge in [0.25, 0.3) is 5.91 Å². The maximum atomic E-state index is 12.9. The van der Waals surface area contributed by atoms with Gasteiger partial charge < -0.3 is 4.90 Å². The van der Waals surface area contributed by atoms with E-state index in [1.165, 1.54) is 38.4 Å². The summed E-state index contributed by atoms with van der Waals surface area (Å²) in [6.07, 6.45) is 0.438. The van der Waals surface area contributed by atoms with Gasteiger partial charge in [-0.2, -0.15) is 0 Å². The van der Waals surface area contributed by atoms with Crippen LogP contribution in [0.4, 0.5) is 0 Å². The number of hydrogen-bond acceptors (Lipinski definition) is 5. The van der Waals surface area contributed by atoms with Crippen LogP contribution in [0.1, 0.15) is 30.6 Å². The van der Waals surface area contributed by atoms with Crippen LogP contribution in [0.2, 0.25) is 0 Å². The second-order valence-electron chi connectivity index (χ2n) is 7.22. The molecule has 1 aromatic carbocycles. The van der Waals surface area contributed by atoms with Gasteiger partial charge in [-0.25, -0.2) is 21.1 Å². The molecule has 1 aliphatic rings. The van der Waals surface area contributed by atoms with E-state index in [0.29, 0.717) is 18.5 Å². The Morgan fingerprint density at radius 2 is 1.77 bits per heavy atom. The van der Waals surface area contributed by atoms with Crippen LogP contribution in [-0.4, -0.2) is 70.1 Å². The Kier molecular flexibility index (Phi) is 6.14. The fourth-order valence-electron chi connectivity index (χ4n) is 2.96. The molecule has 146 valence electrons. The van der Waals surface area contributed by atoms with Crippen molar-refractivity contribution in [2.75, 3.05) is 32.1 Å². The molecule has 0 aliphatic carbocycles. The molecule has 1 heterocycles. The lowest BCUT2D eigenvalue weighted by atomic mass is 10.1. The lowest BCUT2D eigenvalue weighted by Crippen LogP contribution is -2.43. The minimum Gasteiger partial charge on any atom is -0.334 e. The van der Waals surface area contributed by atoms with Crippen molar-refractivity contribution in [2.24, 2.45) is 5.92 Å². The van der Waals surface area contributed by atoms with Crippen LogP contribution < -0.4 is 0 Å². The Balaban J connectivity index is 2.28. The molecule has 0 unspecified atom stereocenters. The van der Waals surface area contributed by atoms with Crippen molar-refractivity contribution >= 4 is 25.8 Å². The van der Waals surface area contributed by atoms with Crippen molar-refractivity contribution in [2.45, 2.75) is 31.2 Å². The molecule has 1 aliphatic heterocycles. The predicted molar refractivity (Wildman–Crippen MR) is 100 cm³/mol. The molecule has 9 heteroatoms. The Morgan fingerprint density at radius 3 is 2.19 bits per heavy atom. The fraction of sp³-hybridized carbons (Fsp3) is 0.588. The monoisotopic (exact) mass is 402 g/mol. The molecule has 0 saturated carbocycles. The molecule has 0 N–H and O–H groups in total. The highest BCUT2D eigenvalue weighted by atomic mass is 32.2. The van der Waals surface area contributed by atoms with Gasteiger partial charge in [0, 0.05) is 32.2 Å². The highest BCUT2D eigenvalue weighted by Gasteiger charge is 2.35. The summed E-state index contributed by atoms with van der Waals surface area (Å²) in [5, 5.41) is 0. The Bertz CT molecular complexity index is 859. The number of sulfonamides is 1. The molecule has 0 spiro atoms. The van der Waals surface area contributed by atoms with E-state index < -0.39 is 19.9 Å².